The fourth-order valence-electron chi connectivity index (χ4n) is 1.53. The van der Waals surface area contributed by atoms with E-state index in [0.29, 0.717) is 23.1 Å². The van der Waals surface area contributed by atoms with Crippen LogP contribution in [0.3, 0.4) is 0 Å². The lowest BCUT2D eigenvalue weighted by Gasteiger charge is -2.05. The molecule has 0 unspecified atom stereocenters. The second-order valence-corrected chi connectivity index (χ2v) is 4.98. The Bertz CT molecular complexity index is 668. The van der Waals surface area contributed by atoms with Crippen LogP contribution in [0, 0.1) is 11.8 Å². The van der Waals surface area contributed by atoms with Crippen molar-refractivity contribution >= 4 is 22.9 Å². The fourth-order valence-corrected chi connectivity index (χ4v) is 2.31. The average Bonchev–Trinajstić information content (AvgIpc) is 2.96. The van der Waals surface area contributed by atoms with Crippen LogP contribution in [0.4, 0.5) is 5.69 Å². The Morgan fingerprint density at radius 3 is 2.95 bits per heavy atom. The maximum Gasteiger partial charge on any atom is 0.265 e. The maximum absolute atomic E-state index is 12.1. The van der Waals surface area contributed by atoms with E-state index < -0.39 is 0 Å². The first-order chi connectivity index (χ1) is 10.2. The molecular weight excluding hydrogens is 288 g/mol. The van der Waals surface area contributed by atoms with Crippen LogP contribution in [0.5, 0.6) is 5.88 Å². The van der Waals surface area contributed by atoms with Crippen LogP contribution in [-0.2, 0) is 0 Å². The second-order valence-electron chi connectivity index (χ2n) is 3.90. The van der Waals surface area contributed by atoms with Gasteiger partial charge in [0, 0.05) is 6.07 Å². The largest absolute Gasteiger partial charge is 0.478 e. The number of nitrogens with zero attached hydrogens (tertiary/aromatic N) is 1. The fraction of sp³-hybridized carbons (Fsp3) is 0.200. The van der Waals surface area contributed by atoms with Crippen molar-refractivity contribution in [2.75, 3.05) is 18.5 Å². The van der Waals surface area contributed by atoms with Crippen molar-refractivity contribution in [3.05, 3.63) is 40.2 Å². The van der Waals surface area contributed by atoms with Crippen LogP contribution in [0.2, 0.25) is 0 Å². The molecule has 0 atom stereocenters. The predicted molar refractivity (Wildman–Crippen MR) is 81.6 cm³/mol. The number of rotatable bonds is 4. The number of aromatic nitrogens is 1. The molecule has 0 aliphatic heterocycles. The van der Waals surface area contributed by atoms with Gasteiger partial charge in [0.1, 0.15) is 6.61 Å². The molecule has 21 heavy (non-hydrogen) atoms. The van der Waals surface area contributed by atoms with Crippen molar-refractivity contribution in [3.8, 4) is 17.7 Å². The minimum Gasteiger partial charge on any atom is -0.478 e. The molecule has 2 rings (SSSR count). The number of carbonyl (C=O) groups excluding carboxylic acids is 1. The first kappa shape index (κ1) is 15.0. The van der Waals surface area contributed by atoms with Gasteiger partial charge < -0.3 is 15.2 Å². The van der Waals surface area contributed by atoms with Gasteiger partial charge in [-0.2, -0.15) is 0 Å². The molecule has 2 aromatic rings. The minimum atomic E-state index is -0.219. The lowest BCUT2D eigenvalue weighted by Crippen LogP contribution is -2.10. The monoisotopic (exact) mass is 302 g/mol. The van der Waals surface area contributed by atoms with Crippen LogP contribution >= 0.6 is 11.3 Å². The Labute approximate surface area is 126 Å². The van der Waals surface area contributed by atoms with Gasteiger partial charge in [-0.15, -0.1) is 11.3 Å². The molecule has 0 fully saturated rings. The Hall–Kier alpha value is -2.36. The molecule has 2 heterocycles. The highest BCUT2D eigenvalue weighted by molar-refractivity contribution is 7.14. The third-order valence-corrected chi connectivity index (χ3v) is 3.41. The lowest BCUT2D eigenvalue weighted by atomic mass is 10.3. The molecule has 108 valence electrons. The van der Waals surface area contributed by atoms with Gasteiger partial charge in [-0.25, -0.2) is 4.98 Å². The van der Waals surface area contributed by atoms with Crippen LogP contribution in [-0.4, -0.2) is 29.2 Å². The van der Waals surface area contributed by atoms with E-state index in [1.165, 1.54) is 11.3 Å². The van der Waals surface area contributed by atoms with Gasteiger partial charge in [0.25, 0.3) is 5.91 Å². The van der Waals surface area contributed by atoms with Crippen molar-refractivity contribution in [2.24, 2.45) is 0 Å². The number of carbonyl (C=O) groups is 1. The van der Waals surface area contributed by atoms with Crippen LogP contribution in [0.15, 0.2) is 30.5 Å². The highest BCUT2D eigenvalue weighted by atomic mass is 32.1. The second kappa shape index (κ2) is 7.43. The molecule has 0 saturated carbocycles. The molecule has 0 saturated heterocycles. The molecule has 5 nitrogen and oxygen atoms in total. The highest BCUT2D eigenvalue weighted by Gasteiger charge is 2.09. The van der Waals surface area contributed by atoms with Gasteiger partial charge in [-0.1, -0.05) is 11.8 Å². The first-order valence-corrected chi connectivity index (χ1v) is 7.14. The Kier molecular flexibility index (Phi) is 5.32. The zero-order chi connectivity index (χ0) is 15.1. The van der Waals surface area contributed by atoms with Crippen molar-refractivity contribution in [3.63, 3.8) is 0 Å². The summed E-state index contributed by atoms with van der Waals surface area (Å²) in [5.41, 5.74) is 0.597. The maximum atomic E-state index is 12.1. The van der Waals surface area contributed by atoms with Gasteiger partial charge in [-0.3, -0.25) is 4.79 Å². The smallest absolute Gasteiger partial charge is 0.265 e. The van der Waals surface area contributed by atoms with Gasteiger partial charge in [-0.05, 0) is 25.1 Å². The summed E-state index contributed by atoms with van der Waals surface area (Å²) in [4.78, 5) is 17.4. The summed E-state index contributed by atoms with van der Waals surface area (Å²) in [6, 6.07) is 6.88. The average molecular weight is 302 g/mol. The molecule has 2 aromatic heterocycles. The zero-order valence-corrected chi connectivity index (χ0v) is 12.2. The van der Waals surface area contributed by atoms with E-state index in [4.69, 9.17) is 9.84 Å². The summed E-state index contributed by atoms with van der Waals surface area (Å²) in [6.45, 7) is 2.23. The van der Waals surface area contributed by atoms with Crippen LogP contribution < -0.4 is 10.1 Å². The van der Waals surface area contributed by atoms with E-state index in [9.17, 15) is 4.79 Å². The van der Waals surface area contributed by atoms with Crippen molar-refractivity contribution < 1.29 is 14.6 Å². The highest BCUT2D eigenvalue weighted by Crippen LogP contribution is 2.18. The molecule has 0 aliphatic rings. The van der Waals surface area contributed by atoms with Crippen LogP contribution in [0.1, 0.15) is 21.5 Å². The Morgan fingerprint density at radius 2 is 2.29 bits per heavy atom. The summed E-state index contributed by atoms with van der Waals surface area (Å²) < 4.78 is 5.23. The molecule has 0 aliphatic carbocycles. The summed E-state index contributed by atoms with van der Waals surface area (Å²) in [7, 11) is 0. The summed E-state index contributed by atoms with van der Waals surface area (Å²) in [5, 5.41) is 11.4. The molecule has 1 amide bonds. The molecular formula is C15H14N2O3S. The molecule has 6 heteroatoms. The number of hydrogen-bond acceptors (Lipinski definition) is 5. The SMILES string of the molecule is CCOc1ccc(NC(=O)c2ccc(C#CCO)s2)cn1. The van der Waals surface area contributed by atoms with Crippen LogP contribution in [0.25, 0.3) is 0 Å². The summed E-state index contributed by atoms with van der Waals surface area (Å²) in [5.74, 6) is 5.61. The number of ether oxygens (including phenoxy) is 1. The molecule has 0 spiro atoms. The molecule has 2 N–H and O–H groups in total. The van der Waals surface area contributed by atoms with E-state index in [-0.39, 0.29) is 12.5 Å². The zero-order valence-electron chi connectivity index (χ0n) is 11.4. The molecule has 0 aromatic carbocycles. The number of nitrogens with one attached hydrogen (secondary N) is 1. The Balaban J connectivity index is 2.02. The topological polar surface area (TPSA) is 71.5 Å². The summed E-state index contributed by atoms with van der Waals surface area (Å²) in [6.07, 6.45) is 1.54. The van der Waals surface area contributed by atoms with E-state index in [0.717, 1.165) is 4.88 Å². The first-order valence-electron chi connectivity index (χ1n) is 6.32. The van der Waals surface area contributed by atoms with E-state index >= 15 is 0 Å². The lowest BCUT2D eigenvalue weighted by molar-refractivity contribution is 0.103. The minimum absolute atomic E-state index is 0.197. The van der Waals surface area contributed by atoms with Gasteiger partial charge in [0.15, 0.2) is 0 Å². The quantitative estimate of drug-likeness (QED) is 0.849. The Morgan fingerprint density at radius 1 is 1.43 bits per heavy atom. The molecule has 0 bridgehead atoms. The number of anilines is 1. The van der Waals surface area contributed by atoms with Gasteiger partial charge in [0.2, 0.25) is 5.88 Å². The standard InChI is InChI=1S/C15H14N2O3S/c1-2-20-14-8-5-11(10-16-14)17-15(19)13-7-6-12(21-13)4-3-9-18/h5-8,10,18H,2,9H2,1H3,(H,17,19). The number of pyridine rings is 1. The number of hydrogen-bond donors (Lipinski definition) is 2. The number of aliphatic hydroxyl groups is 1. The number of thiophene rings is 1. The number of aliphatic hydroxyl groups excluding tert-OH is 1. The summed E-state index contributed by atoms with van der Waals surface area (Å²) >= 11 is 1.27. The van der Waals surface area contributed by atoms with E-state index in [2.05, 4.69) is 22.1 Å². The van der Waals surface area contributed by atoms with Crippen molar-refractivity contribution in [2.45, 2.75) is 6.92 Å². The van der Waals surface area contributed by atoms with E-state index in [1.54, 1.807) is 30.5 Å². The van der Waals surface area contributed by atoms with Gasteiger partial charge in [0.05, 0.1) is 28.2 Å². The van der Waals surface area contributed by atoms with Gasteiger partial charge >= 0.3 is 0 Å². The van der Waals surface area contributed by atoms with Crippen molar-refractivity contribution in [1.29, 1.82) is 0 Å². The third-order valence-electron chi connectivity index (χ3n) is 2.41. The normalized spacial score (nSPS) is 9.62. The predicted octanol–water partition coefficient (Wildman–Crippen LogP) is 2.14. The molecule has 0 radical (unpaired) electrons. The van der Waals surface area contributed by atoms with E-state index in [1.807, 2.05) is 6.92 Å². The number of amides is 1. The third kappa shape index (κ3) is 4.31. The van der Waals surface area contributed by atoms with Crippen molar-refractivity contribution in [1.82, 2.24) is 4.98 Å².